The molecule has 2 rings (SSSR count). The van der Waals surface area contributed by atoms with Gasteiger partial charge in [0.15, 0.2) is 0 Å². The predicted octanol–water partition coefficient (Wildman–Crippen LogP) is 4.57. The Bertz CT molecular complexity index is 511. The monoisotopic (exact) mass is 267 g/mol. The van der Waals surface area contributed by atoms with Crippen molar-refractivity contribution >= 4 is 23.2 Å². The Hall–Kier alpha value is -1.25. The fraction of sp³-hybridized carbons (Fsp3) is 0.154. The minimum atomic E-state index is 0.445. The highest BCUT2D eigenvalue weighted by Gasteiger charge is 2.02. The zero-order valence-electron chi connectivity index (χ0n) is 9.28. The first-order chi connectivity index (χ1) is 8.17. The molecule has 0 amide bonds. The average molecular weight is 268 g/mol. The van der Waals surface area contributed by atoms with Crippen LogP contribution in [0.1, 0.15) is 11.3 Å². The summed E-state index contributed by atoms with van der Waals surface area (Å²) in [4.78, 5) is 4.29. The Morgan fingerprint density at radius 2 is 1.88 bits per heavy atom. The van der Waals surface area contributed by atoms with Crippen LogP contribution in [0.15, 0.2) is 36.4 Å². The Kier molecular flexibility index (Phi) is 3.87. The van der Waals surface area contributed by atoms with Gasteiger partial charge in [-0.05, 0) is 42.8 Å². The molecule has 0 unspecified atom stereocenters. The fourth-order valence-electron chi connectivity index (χ4n) is 1.46. The van der Waals surface area contributed by atoms with Gasteiger partial charge in [-0.1, -0.05) is 11.6 Å². The van der Waals surface area contributed by atoms with E-state index in [1.54, 1.807) is 24.3 Å². The number of nitrogens with zero attached hydrogens (tertiary/aromatic N) is 1. The molecule has 1 heterocycles. The van der Waals surface area contributed by atoms with Gasteiger partial charge in [-0.3, -0.25) is 0 Å². The highest BCUT2D eigenvalue weighted by Crippen LogP contribution is 2.23. The van der Waals surface area contributed by atoms with Crippen molar-refractivity contribution in [2.75, 3.05) is 0 Å². The van der Waals surface area contributed by atoms with Gasteiger partial charge in [-0.25, -0.2) is 4.98 Å². The first-order valence-electron chi connectivity index (χ1n) is 5.14. The van der Waals surface area contributed by atoms with Crippen LogP contribution in [0.3, 0.4) is 0 Å². The maximum Gasteiger partial charge on any atom is 0.219 e. The number of pyridine rings is 1. The minimum Gasteiger partial charge on any atom is -0.439 e. The second kappa shape index (κ2) is 5.39. The molecule has 0 bridgehead atoms. The number of ether oxygens (including phenoxy) is 1. The van der Waals surface area contributed by atoms with Crippen LogP contribution < -0.4 is 4.74 Å². The lowest BCUT2D eigenvalue weighted by molar-refractivity contribution is 0.461. The molecule has 0 atom stereocenters. The van der Waals surface area contributed by atoms with Gasteiger partial charge < -0.3 is 4.74 Å². The summed E-state index contributed by atoms with van der Waals surface area (Å²) in [5, 5.41) is 0.677. The van der Waals surface area contributed by atoms with Gasteiger partial charge in [0.05, 0.1) is 0 Å². The zero-order chi connectivity index (χ0) is 12.3. The second-order valence-electron chi connectivity index (χ2n) is 3.64. The van der Waals surface area contributed by atoms with Crippen LogP contribution in [0.4, 0.5) is 0 Å². The quantitative estimate of drug-likeness (QED) is 0.760. The number of alkyl halides is 1. The topological polar surface area (TPSA) is 22.1 Å². The third kappa shape index (κ3) is 3.35. The summed E-state index contributed by atoms with van der Waals surface area (Å²) >= 11 is 11.6. The van der Waals surface area contributed by atoms with Crippen molar-refractivity contribution in [3.8, 4) is 11.6 Å². The van der Waals surface area contributed by atoms with Gasteiger partial charge in [0, 0.05) is 22.7 Å². The van der Waals surface area contributed by atoms with E-state index in [1.807, 2.05) is 19.1 Å². The van der Waals surface area contributed by atoms with E-state index in [4.69, 9.17) is 27.9 Å². The normalized spacial score (nSPS) is 10.3. The molecule has 4 heteroatoms. The molecule has 17 heavy (non-hydrogen) atoms. The highest BCUT2D eigenvalue weighted by atomic mass is 35.5. The van der Waals surface area contributed by atoms with E-state index in [2.05, 4.69) is 4.98 Å². The molecule has 0 saturated heterocycles. The maximum atomic E-state index is 5.80. The molecule has 1 aromatic carbocycles. The van der Waals surface area contributed by atoms with Crippen molar-refractivity contribution in [2.24, 2.45) is 0 Å². The fourth-order valence-corrected chi connectivity index (χ4v) is 1.74. The van der Waals surface area contributed by atoms with Gasteiger partial charge >= 0.3 is 0 Å². The van der Waals surface area contributed by atoms with E-state index in [0.29, 0.717) is 22.5 Å². The summed E-state index contributed by atoms with van der Waals surface area (Å²) in [6, 6.07) is 10.9. The Morgan fingerprint density at radius 1 is 1.18 bits per heavy atom. The zero-order valence-corrected chi connectivity index (χ0v) is 10.8. The third-order valence-corrected chi connectivity index (χ3v) is 2.74. The number of benzene rings is 1. The van der Waals surface area contributed by atoms with Crippen LogP contribution in [-0.4, -0.2) is 4.98 Å². The molecule has 0 aliphatic rings. The lowest BCUT2D eigenvalue weighted by Crippen LogP contribution is -1.92. The van der Waals surface area contributed by atoms with E-state index in [9.17, 15) is 0 Å². The smallest absolute Gasteiger partial charge is 0.219 e. The molecule has 0 radical (unpaired) electrons. The van der Waals surface area contributed by atoms with Crippen molar-refractivity contribution < 1.29 is 4.74 Å². The molecule has 88 valence electrons. The summed E-state index contributed by atoms with van der Waals surface area (Å²) in [6.07, 6.45) is 0. The van der Waals surface area contributed by atoms with Crippen molar-refractivity contribution in [1.29, 1.82) is 0 Å². The number of aryl methyl sites for hydroxylation is 1. The van der Waals surface area contributed by atoms with Gasteiger partial charge in [-0.2, -0.15) is 0 Å². The number of aromatic nitrogens is 1. The third-order valence-electron chi connectivity index (χ3n) is 2.18. The van der Waals surface area contributed by atoms with E-state index < -0.39 is 0 Å². The SMILES string of the molecule is Cc1cc(CCl)cc(Oc2ccc(Cl)cc2)n1. The number of halogens is 2. The van der Waals surface area contributed by atoms with E-state index in [-0.39, 0.29) is 0 Å². The molecule has 1 aromatic heterocycles. The molecule has 0 N–H and O–H groups in total. The minimum absolute atomic E-state index is 0.445. The van der Waals surface area contributed by atoms with E-state index in [1.165, 1.54) is 0 Å². The van der Waals surface area contributed by atoms with Gasteiger partial charge in [0.1, 0.15) is 5.75 Å². The summed E-state index contributed by atoms with van der Waals surface area (Å²) in [6.45, 7) is 1.91. The average Bonchev–Trinajstić information content (AvgIpc) is 2.31. The molecular formula is C13H11Cl2NO. The molecule has 2 nitrogen and oxygen atoms in total. The number of hydrogen-bond donors (Lipinski definition) is 0. The van der Waals surface area contributed by atoms with Crippen LogP contribution in [0, 0.1) is 6.92 Å². The predicted molar refractivity (Wildman–Crippen MR) is 70.1 cm³/mol. The van der Waals surface area contributed by atoms with Crippen molar-refractivity contribution in [3.05, 3.63) is 52.7 Å². The molecule has 0 fully saturated rings. The summed E-state index contributed by atoms with van der Waals surface area (Å²) in [5.41, 5.74) is 1.87. The lowest BCUT2D eigenvalue weighted by atomic mass is 10.2. The molecule has 0 saturated carbocycles. The second-order valence-corrected chi connectivity index (χ2v) is 4.35. The van der Waals surface area contributed by atoms with E-state index in [0.717, 1.165) is 11.3 Å². The summed E-state index contributed by atoms with van der Waals surface area (Å²) in [7, 11) is 0. The maximum absolute atomic E-state index is 5.80. The summed E-state index contributed by atoms with van der Waals surface area (Å²) < 4.78 is 5.63. The first kappa shape index (κ1) is 12.2. The Balaban J connectivity index is 2.23. The van der Waals surface area contributed by atoms with Crippen molar-refractivity contribution in [3.63, 3.8) is 0 Å². The van der Waals surface area contributed by atoms with E-state index >= 15 is 0 Å². The van der Waals surface area contributed by atoms with Gasteiger partial charge in [0.2, 0.25) is 5.88 Å². The lowest BCUT2D eigenvalue weighted by Gasteiger charge is -2.07. The van der Waals surface area contributed by atoms with Crippen molar-refractivity contribution in [2.45, 2.75) is 12.8 Å². The van der Waals surface area contributed by atoms with Crippen LogP contribution in [0.5, 0.6) is 11.6 Å². The molecular weight excluding hydrogens is 257 g/mol. The molecule has 0 spiro atoms. The Labute approximate surface area is 110 Å². The molecule has 2 aromatic rings. The number of hydrogen-bond acceptors (Lipinski definition) is 2. The Morgan fingerprint density at radius 3 is 2.53 bits per heavy atom. The van der Waals surface area contributed by atoms with Crippen LogP contribution in [-0.2, 0) is 5.88 Å². The first-order valence-corrected chi connectivity index (χ1v) is 6.05. The van der Waals surface area contributed by atoms with Gasteiger partial charge in [-0.15, -0.1) is 11.6 Å². The standard InChI is InChI=1S/C13H11Cl2NO/c1-9-6-10(8-14)7-13(16-9)17-12-4-2-11(15)3-5-12/h2-7H,8H2,1H3. The highest BCUT2D eigenvalue weighted by molar-refractivity contribution is 6.30. The van der Waals surface area contributed by atoms with Gasteiger partial charge in [0.25, 0.3) is 0 Å². The molecule has 0 aliphatic heterocycles. The van der Waals surface area contributed by atoms with Crippen LogP contribution in [0.2, 0.25) is 5.02 Å². The van der Waals surface area contributed by atoms with Crippen LogP contribution in [0.25, 0.3) is 0 Å². The number of rotatable bonds is 3. The largest absolute Gasteiger partial charge is 0.439 e. The van der Waals surface area contributed by atoms with Crippen molar-refractivity contribution in [1.82, 2.24) is 4.98 Å². The van der Waals surface area contributed by atoms with Crippen LogP contribution >= 0.6 is 23.2 Å². The molecule has 0 aliphatic carbocycles. The summed E-state index contributed by atoms with van der Waals surface area (Å²) in [5.74, 6) is 1.69.